The van der Waals surface area contributed by atoms with E-state index in [0.29, 0.717) is 0 Å². The monoisotopic (exact) mass is 195 g/mol. The molecule has 1 aliphatic heterocycles. The zero-order valence-corrected chi connectivity index (χ0v) is 8.92. The maximum absolute atomic E-state index is 3.81. The van der Waals surface area contributed by atoms with Crippen LogP contribution in [0.2, 0.25) is 0 Å². The first kappa shape index (κ1) is 10.5. The summed E-state index contributed by atoms with van der Waals surface area (Å²) in [6.07, 6.45) is 3.81. The molecule has 0 radical (unpaired) electrons. The fourth-order valence-electron chi connectivity index (χ4n) is 0.998. The van der Waals surface area contributed by atoms with Gasteiger partial charge in [0.25, 0.3) is 0 Å². The maximum atomic E-state index is 3.81. The van der Waals surface area contributed by atoms with Gasteiger partial charge >= 0.3 is 0 Å². The standard InChI is InChI=1S/C4H8N3.C4H7N3/c2*1-4-3-7(2)6-5-4/h3-4H,1-2H3;3H,1-2H3/q+1;. The van der Waals surface area contributed by atoms with Gasteiger partial charge in [-0.2, -0.15) is 0 Å². The average Bonchev–Trinajstić information content (AvgIpc) is 2.63. The molecule has 0 saturated heterocycles. The molecule has 0 bridgehead atoms. The number of aromatic nitrogens is 3. The van der Waals surface area contributed by atoms with Crippen LogP contribution >= 0.6 is 0 Å². The van der Waals surface area contributed by atoms with E-state index in [0.717, 1.165) is 5.69 Å². The highest BCUT2D eigenvalue weighted by Gasteiger charge is 2.10. The van der Waals surface area contributed by atoms with Gasteiger partial charge < -0.3 is 0 Å². The van der Waals surface area contributed by atoms with E-state index in [-0.39, 0.29) is 6.04 Å². The van der Waals surface area contributed by atoms with Gasteiger partial charge in [0.15, 0.2) is 0 Å². The van der Waals surface area contributed by atoms with E-state index in [1.54, 1.807) is 9.37 Å². The van der Waals surface area contributed by atoms with Crippen LogP contribution in [0.5, 0.6) is 0 Å². The quantitative estimate of drug-likeness (QED) is 0.569. The summed E-state index contributed by atoms with van der Waals surface area (Å²) in [6.45, 7) is 3.90. The second-order valence-corrected chi connectivity index (χ2v) is 3.20. The lowest BCUT2D eigenvalue weighted by atomic mass is 10.4. The van der Waals surface area contributed by atoms with Gasteiger partial charge in [-0.05, 0) is 13.8 Å². The molecule has 14 heavy (non-hydrogen) atoms. The lowest BCUT2D eigenvalue weighted by Gasteiger charge is -1.75. The van der Waals surface area contributed by atoms with Crippen LogP contribution in [0, 0.1) is 6.92 Å². The highest BCUT2D eigenvalue weighted by molar-refractivity contribution is 5.58. The van der Waals surface area contributed by atoms with Crippen molar-refractivity contribution in [1.29, 1.82) is 0 Å². The van der Waals surface area contributed by atoms with Crippen LogP contribution in [-0.4, -0.2) is 39.0 Å². The zero-order chi connectivity index (χ0) is 10.6. The van der Waals surface area contributed by atoms with E-state index in [2.05, 4.69) is 20.6 Å². The number of nitrogens with zero attached hydrogens (tertiary/aromatic N) is 6. The number of rotatable bonds is 0. The SMILES string of the molecule is CC1C=[N+](C)N=N1.Cc1cn(C)nn1. The molecule has 0 amide bonds. The molecular formula is C8H15N6+. The predicted molar refractivity (Wildman–Crippen MR) is 52.3 cm³/mol. The van der Waals surface area contributed by atoms with Crippen molar-refractivity contribution in [3.8, 4) is 0 Å². The third kappa shape index (κ3) is 3.42. The molecule has 0 fully saturated rings. The predicted octanol–water partition coefficient (Wildman–Crippen LogP) is 0.592. The van der Waals surface area contributed by atoms with Crippen LogP contribution in [-0.2, 0) is 7.05 Å². The molecular weight excluding hydrogens is 180 g/mol. The topological polar surface area (TPSA) is 58.4 Å². The van der Waals surface area contributed by atoms with Crippen molar-refractivity contribution in [1.82, 2.24) is 15.0 Å². The summed E-state index contributed by atoms with van der Waals surface area (Å²) in [6, 6.07) is 0.282. The third-order valence-electron chi connectivity index (χ3n) is 1.52. The van der Waals surface area contributed by atoms with Gasteiger partial charge in [-0.3, -0.25) is 4.68 Å². The van der Waals surface area contributed by atoms with Crippen LogP contribution in [0.15, 0.2) is 16.5 Å². The van der Waals surface area contributed by atoms with Crippen LogP contribution < -0.4 is 0 Å². The normalized spacial score (nSPS) is 18.9. The molecule has 6 heteroatoms. The van der Waals surface area contributed by atoms with Gasteiger partial charge in [0.05, 0.1) is 5.69 Å². The van der Waals surface area contributed by atoms with Crippen LogP contribution in [0.3, 0.4) is 0 Å². The van der Waals surface area contributed by atoms with Crippen molar-refractivity contribution in [2.45, 2.75) is 19.9 Å². The molecule has 0 spiro atoms. The van der Waals surface area contributed by atoms with Gasteiger partial charge in [0.1, 0.15) is 18.5 Å². The summed E-state index contributed by atoms with van der Waals surface area (Å²) >= 11 is 0. The summed E-state index contributed by atoms with van der Waals surface area (Å²) in [5.41, 5.74) is 0.961. The summed E-state index contributed by atoms with van der Waals surface area (Å²) in [4.78, 5) is 0. The molecule has 1 aliphatic rings. The van der Waals surface area contributed by atoms with Crippen molar-refractivity contribution in [3.63, 3.8) is 0 Å². The number of aryl methyl sites for hydroxylation is 2. The highest BCUT2D eigenvalue weighted by atomic mass is 15.5. The van der Waals surface area contributed by atoms with Crippen molar-refractivity contribution >= 4 is 6.21 Å². The Bertz CT molecular complexity index is 334. The minimum atomic E-state index is 0.282. The van der Waals surface area contributed by atoms with E-state index in [1.807, 2.05) is 40.4 Å². The molecule has 6 nitrogen and oxygen atoms in total. The van der Waals surface area contributed by atoms with Gasteiger partial charge in [0.2, 0.25) is 6.04 Å². The summed E-state index contributed by atoms with van der Waals surface area (Å²) < 4.78 is 3.39. The third-order valence-corrected chi connectivity index (χ3v) is 1.52. The molecule has 76 valence electrons. The Balaban J connectivity index is 0.000000140. The first-order chi connectivity index (χ1) is 6.58. The first-order valence-corrected chi connectivity index (χ1v) is 4.39. The minimum Gasteiger partial charge on any atom is -0.255 e. The summed E-state index contributed by atoms with van der Waals surface area (Å²) in [5, 5.41) is 14.9. The van der Waals surface area contributed by atoms with E-state index in [4.69, 9.17) is 0 Å². The van der Waals surface area contributed by atoms with Gasteiger partial charge in [-0.25, -0.2) is 0 Å². The van der Waals surface area contributed by atoms with Crippen molar-refractivity contribution in [3.05, 3.63) is 11.9 Å². The molecule has 1 unspecified atom stereocenters. The van der Waals surface area contributed by atoms with E-state index in [1.165, 1.54) is 0 Å². The molecule has 2 rings (SSSR count). The Morgan fingerprint density at radius 3 is 2.36 bits per heavy atom. The fraction of sp³-hybridized carbons (Fsp3) is 0.625. The lowest BCUT2D eigenvalue weighted by Crippen LogP contribution is -1.99. The van der Waals surface area contributed by atoms with Crippen molar-refractivity contribution in [2.24, 2.45) is 17.4 Å². The molecule has 1 aromatic rings. The molecule has 0 N–H and O–H groups in total. The molecule has 1 aromatic heterocycles. The number of hydrogen-bond donors (Lipinski definition) is 0. The van der Waals surface area contributed by atoms with Gasteiger partial charge in [-0.15, -0.1) is 9.78 Å². The Kier molecular flexibility index (Phi) is 3.44. The van der Waals surface area contributed by atoms with Crippen molar-refractivity contribution in [2.75, 3.05) is 7.05 Å². The largest absolute Gasteiger partial charge is 0.255 e. The molecule has 2 heterocycles. The molecule has 0 aromatic carbocycles. The Hall–Kier alpha value is -1.59. The van der Waals surface area contributed by atoms with E-state index >= 15 is 0 Å². The molecule has 1 atom stereocenters. The van der Waals surface area contributed by atoms with Crippen molar-refractivity contribution < 1.29 is 4.68 Å². The summed E-state index contributed by atoms with van der Waals surface area (Å²) in [5.74, 6) is 0. The smallest absolute Gasteiger partial charge is 0.219 e. The average molecular weight is 195 g/mol. The highest BCUT2D eigenvalue weighted by Crippen LogP contribution is 1.92. The second-order valence-electron chi connectivity index (χ2n) is 3.20. The Labute approximate surface area is 82.9 Å². The molecule has 0 aliphatic carbocycles. The van der Waals surface area contributed by atoms with Crippen LogP contribution in [0.4, 0.5) is 0 Å². The fourth-order valence-corrected chi connectivity index (χ4v) is 0.998. The second kappa shape index (κ2) is 4.59. The van der Waals surface area contributed by atoms with E-state index < -0.39 is 0 Å². The maximum Gasteiger partial charge on any atom is 0.219 e. The van der Waals surface area contributed by atoms with Crippen LogP contribution in [0.25, 0.3) is 0 Å². The van der Waals surface area contributed by atoms with E-state index in [9.17, 15) is 0 Å². The lowest BCUT2D eigenvalue weighted by molar-refractivity contribution is -0.501. The zero-order valence-electron chi connectivity index (χ0n) is 8.92. The van der Waals surface area contributed by atoms with Gasteiger partial charge in [-0.1, -0.05) is 5.21 Å². The number of hydrogen-bond acceptors (Lipinski definition) is 4. The first-order valence-electron chi connectivity index (χ1n) is 4.39. The minimum absolute atomic E-state index is 0.282. The van der Waals surface area contributed by atoms with Gasteiger partial charge in [0, 0.05) is 18.4 Å². The Morgan fingerprint density at radius 1 is 1.50 bits per heavy atom. The summed E-state index contributed by atoms with van der Waals surface area (Å²) in [7, 11) is 3.72. The van der Waals surface area contributed by atoms with Crippen LogP contribution in [0.1, 0.15) is 12.6 Å². The molecule has 0 saturated carbocycles. The Morgan fingerprint density at radius 2 is 2.21 bits per heavy atom.